The summed E-state index contributed by atoms with van der Waals surface area (Å²) in [6.45, 7) is 4.06. The van der Waals surface area contributed by atoms with Gasteiger partial charge in [-0.1, -0.05) is 30.3 Å². The smallest absolute Gasteiger partial charge is 0.231 e. The molecule has 1 N–H and O–H groups in total. The van der Waals surface area contributed by atoms with Crippen LogP contribution in [-0.4, -0.2) is 47.1 Å². The van der Waals surface area contributed by atoms with Crippen molar-refractivity contribution >= 4 is 11.7 Å². The van der Waals surface area contributed by atoms with E-state index in [9.17, 15) is 4.79 Å². The van der Waals surface area contributed by atoms with Gasteiger partial charge >= 0.3 is 0 Å². The molecule has 1 amide bonds. The van der Waals surface area contributed by atoms with Crippen molar-refractivity contribution in [1.29, 1.82) is 0 Å². The van der Waals surface area contributed by atoms with E-state index in [4.69, 9.17) is 4.74 Å². The Balaban J connectivity index is 1.41. The number of nitrogens with zero attached hydrogens (tertiary/aromatic N) is 3. The molecule has 6 nitrogen and oxygen atoms in total. The summed E-state index contributed by atoms with van der Waals surface area (Å²) in [6, 6.07) is 10.5. The van der Waals surface area contributed by atoms with E-state index < -0.39 is 0 Å². The second-order valence-corrected chi connectivity index (χ2v) is 6.83. The van der Waals surface area contributed by atoms with Gasteiger partial charge in [-0.05, 0) is 17.4 Å². The summed E-state index contributed by atoms with van der Waals surface area (Å²) in [4.78, 5) is 23.2. The first kappa shape index (κ1) is 16.2. The minimum Gasteiger partial charge on any atom is -0.380 e. The number of hydrogen-bond donors (Lipinski definition) is 1. The number of amides is 1. The van der Waals surface area contributed by atoms with Gasteiger partial charge in [0, 0.05) is 32.0 Å². The third-order valence-electron chi connectivity index (χ3n) is 5.11. The van der Waals surface area contributed by atoms with Gasteiger partial charge in [-0.25, -0.2) is 4.98 Å². The first-order valence-electron chi connectivity index (χ1n) is 8.70. The number of likely N-dealkylation sites (tertiary alicyclic amines) is 1. The molecule has 4 rings (SSSR count). The average molecular weight is 338 g/mol. The molecule has 0 bridgehead atoms. The number of benzene rings is 1. The van der Waals surface area contributed by atoms with Crippen LogP contribution in [0.4, 0.5) is 5.82 Å². The topological polar surface area (TPSA) is 67.3 Å². The summed E-state index contributed by atoms with van der Waals surface area (Å²) in [5, 5.41) is 2.88. The molecule has 6 heteroatoms. The van der Waals surface area contributed by atoms with Crippen LogP contribution < -0.4 is 5.32 Å². The van der Waals surface area contributed by atoms with Crippen LogP contribution in [0.3, 0.4) is 0 Å². The number of aromatic nitrogens is 2. The number of hydrogen-bond acceptors (Lipinski definition) is 5. The molecule has 1 aromatic carbocycles. The van der Waals surface area contributed by atoms with E-state index in [2.05, 4.69) is 44.5 Å². The van der Waals surface area contributed by atoms with Gasteiger partial charge < -0.3 is 10.1 Å². The zero-order chi connectivity index (χ0) is 17.1. The highest BCUT2D eigenvalue weighted by molar-refractivity contribution is 5.92. The zero-order valence-electron chi connectivity index (χ0n) is 14.0. The van der Waals surface area contributed by atoms with E-state index in [0.29, 0.717) is 24.3 Å². The van der Waals surface area contributed by atoms with Crippen LogP contribution in [0, 0.1) is 17.8 Å². The van der Waals surface area contributed by atoms with Crippen molar-refractivity contribution in [1.82, 2.24) is 14.9 Å². The van der Waals surface area contributed by atoms with E-state index in [1.165, 1.54) is 5.56 Å². The summed E-state index contributed by atoms with van der Waals surface area (Å²) in [6.07, 6.45) is 4.73. The monoisotopic (exact) mass is 338 g/mol. The van der Waals surface area contributed by atoms with Crippen LogP contribution in [0.5, 0.6) is 0 Å². The van der Waals surface area contributed by atoms with Gasteiger partial charge in [0.2, 0.25) is 5.91 Å². The van der Waals surface area contributed by atoms with Crippen molar-refractivity contribution in [2.75, 3.05) is 31.6 Å². The standard InChI is InChI=1S/C19H22N4O2/c24-19(22-18-8-20-6-7-21-18)17-13-25-12-15-10-23(11-16(15)17)9-14-4-2-1-3-5-14/h1-8,15-17H,9-13H2,(H,21,22,24)/t15-,16-,17+/m0/s1. The predicted octanol–water partition coefficient (Wildman–Crippen LogP) is 1.81. The Kier molecular flexibility index (Phi) is 4.72. The van der Waals surface area contributed by atoms with Gasteiger partial charge in [-0.3, -0.25) is 14.7 Å². The molecule has 0 unspecified atom stereocenters. The summed E-state index contributed by atoms with van der Waals surface area (Å²) >= 11 is 0. The molecule has 2 aromatic rings. The fourth-order valence-electron chi connectivity index (χ4n) is 3.91. The van der Waals surface area contributed by atoms with Gasteiger partial charge in [0.1, 0.15) is 0 Å². The number of fused-ring (bicyclic) bond motifs is 1. The van der Waals surface area contributed by atoms with Crippen molar-refractivity contribution in [3.8, 4) is 0 Å². The number of ether oxygens (including phenoxy) is 1. The van der Waals surface area contributed by atoms with Gasteiger partial charge in [0.25, 0.3) is 0 Å². The second kappa shape index (κ2) is 7.29. The SMILES string of the molecule is O=C(Nc1cnccn1)[C@@H]1COC[C@@H]2CN(Cc3ccccc3)C[C@@H]21. The number of nitrogens with one attached hydrogen (secondary N) is 1. The van der Waals surface area contributed by atoms with Crippen LogP contribution in [0.1, 0.15) is 5.56 Å². The van der Waals surface area contributed by atoms with E-state index in [-0.39, 0.29) is 11.8 Å². The Labute approximate surface area is 147 Å². The molecule has 0 aliphatic carbocycles. The first-order chi connectivity index (χ1) is 12.3. The first-order valence-corrected chi connectivity index (χ1v) is 8.70. The maximum Gasteiger partial charge on any atom is 0.231 e. The lowest BCUT2D eigenvalue weighted by Crippen LogP contribution is -2.42. The maximum absolute atomic E-state index is 12.7. The molecule has 1 aromatic heterocycles. The number of rotatable bonds is 4. The normalized spacial score (nSPS) is 26.2. The summed E-state index contributed by atoms with van der Waals surface area (Å²) < 4.78 is 5.73. The van der Waals surface area contributed by atoms with Crippen LogP contribution in [0.15, 0.2) is 48.9 Å². The summed E-state index contributed by atoms with van der Waals surface area (Å²) in [7, 11) is 0. The van der Waals surface area contributed by atoms with Gasteiger partial charge in [-0.15, -0.1) is 0 Å². The Morgan fingerprint density at radius 3 is 2.88 bits per heavy atom. The molecule has 25 heavy (non-hydrogen) atoms. The highest BCUT2D eigenvalue weighted by atomic mass is 16.5. The molecular formula is C19H22N4O2. The molecular weight excluding hydrogens is 316 g/mol. The average Bonchev–Trinajstić information content (AvgIpc) is 3.05. The van der Waals surface area contributed by atoms with Crippen LogP contribution >= 0.6 is 0 Å². The van der Waals surface area contributed by atoms with Gasteiger partial charge in [0.05, 0.1) is 25.3 Å². The van der Waals surface area contributed by atoms with E-state index in [0.717, 1.165) is 26.2 Å². The van der Waals surface area contributed by atoms with Crippen molar-refractivity contribution in [3.63, 3.8) is 0 Å². The zero-order valence-corrected chi connectivity index (χ0v) is 14.0. The highest BCUT2D eigenvalue weighted by Crippen LogP contribution is 2.35. The molecule has 3 atom stereocenters. The molecule has 3 heterocycles. The quantitative estimate of drug-likeness (QED) is 0.921. The largest absolute Gasteiger partial charge is 0.380 e. The van der Waals surface area contributed by atoms with Crippen molar-refractivity contribution in [2.24, 2.45) is 17.8 Å². The Morgan fingerprint density at radius 2 is 2.08 bits per heavy atom. The molecule has 0 radical (unpaired) electrons. The lowest BCUT2D eigenvalue weighted by atomic mass is 9.82. The van der Waals surface area contributed by atoms with Gasteiger partial charge in [-0.2, -0.15) is 0 Å². The van der Waals surface area contributed by atoms with Crippen LogP contribution in [0.25, 0.3) is 0 Å². The fraction of sp³-hybridized carbons (Fsp3) is 0.421. The maximum atomic E-state index is 12.7. The third kappa shape index (κ3) is 3.70. The second-order valence-electron chi connectivity index (χ2n) is 6.83. The lowest BCUT2D eigenvalue weighted by molar-refractivity contribution is -0.128. The third-order valence-corrected chi connectivity index (χ3v) is 5.11. The number of carbonyl (C=O) groups excluding carboxylic acids is 1. The molecule has 0 saturated carbocycles. The highest BCUT2D eigenvalue weighted by Gasteiger charge is 2.43. The summed E-state index contributed by atoms with van der Waals surface area (Å²) in [5.41, 5.74) is 1.31. The molecule has 0 spiro atoms. The Bertz CT molecular complexity index is 710. The predicted molar refractivity (Wildman–Crippen MR) is 93.7 cm³/mol. The van der Waals surface area contributed by atoms with E-state index in [1.54, 1.807) is 18.6 Å². The van der Waals surface area contributed by atoms with E-state index >= 15 is 0 Å². The Hall–Kier alpha value is -2.31. The molecule has 2 aliphatic rings. The number of anilines is 1. The van der Waals surface area contributed by atoms with Crippen molar-refractivity contribution in [2.45, 2.75) is 6.54 Å². The van der Waals surface area contributed by atoms with Crippen LogP contribution in [0.2, 0.25) is 0 Å². The number of carbonyl (C=O) groups is 1. The van der Waals surface area contributed by atoms with E-state index in [1.807, 2.05) is 6.07 Å². The van der Waals surface area contributed by atoms with Gasteiger partial charge in [0.15, 0.2) is 5.82 Å². The summed E-state index contributed by atoms with van der Waals surface area (Å²) in [5.74, 6) is 1.08. The lowest BCUT2D eigenvalue weighted by Gasteiger charge is -2.31. The molecule has 130 valence electrons. The molecule has 2 saturated heterocycles. The molecule has 2 fully saturated rings. The Morgan fingerprint density at radius 1 is 1.20 bits per heavy atom. The minimum absolute atomic E-state index is 0.0169. The van der Waals surface area contributed by atoms with Crippen LogP contribution in [-0.2, 0) is 16.1 Å². The van der Waals surface area contributed by atoms with Crippen molar-refractivity contribution < 1.29 is 9.53 Å². The molecule has 2 aliphatic heterocycles. The van der Waals surface area contributed by atoms with Crippen molar-refractivity contribution in [3.05, 3.63) is 54.5 Å². The minimum atomic E-state index is -0.137. The fourth-order valence-corrected chi connectivity index (χ4v) is 3.91.